The monoisotopic (exact) mass is 182 g/mol. The van der Waals surface area contributed by atoms with Gasteiger partial charge in [0.2, 0.25) is 0 Å². The summed E-state index contributed by atoms with van der Waals surface area (Å²) in [5, 5.41) is 7.97. The van der Waals surface area contributed by atoms with Crippen molar-refractivity contribution in [3.8, 4) is 0 Å². The molecule has 0 aromatic heterocycles. The van der Waals surface area contributed by atoms with E-state index in [1.54, 1.807) is 0 Å². The van der Waals surface area contributed by atoms with Crippen molar-refractivity contribution in [2.24, 2.45) is 0 Å². The number of ether oxygens (including phenoxy) is 1. The van der Waals surface area contributed by atoms with Crippen molar-refractivity contribution in [2.75, 3.05) is 13.1 Å². The number of amidine groups is 1. The highest BCUT2D eigenvalue weighted by molar-refractivity contribution is 5.84. The van der Waals surface area contributed by atoms with Crippen molar-refractivity contribution >= 4 is 5.84 Å². The van der Waals surface area contributed by atoms with Crippen LogP contribution in [0.1, 0.15) is 32.6 Å². The topological polar surface area (TPSA) is 36.3 Å². The van der Waals surface area contributed by atoms with Crippen molar-refractivity contribution in [1.29, 1.82) is 5.41 Å². The van der Waals surface area contributed by atoms with Crippen LogP contribution < -0.4 is 0 Å². The molecule has 0 aromatic carbocycles. The van der Waals surface area contributed by atoms with Crippen LogP contribution in [0.4, 0.5) is 0 Å². The van der Waals surface area contributed by atoms with Crippen LogP contribution in [-0.4, -0.2) is 36.0 Å². The molecule has 2 atom stereocenters. The molecule has 0 radical (unpaired) electrons. The zero-order chi connectivity index (χ0) is 9.26. The van der Waals surface area contributed by atoms with Gasteiger partial charge in [0.05, 0.1) is 6.10 Å². The Balaban J connectivity index is 1.89. The maximum atomic E-state index is 7.97. The number of likely N-dealkylation sites (tertiary alicyclic amines) is 1. The minimum absolute atomic E-state index is 0.0908. The van der Waals surface area contributed by atoms with Crippen LogP contribution in [0.2, 0.25) is 0 Å². The summed E-state index contributed by atoms with van der Waals surface area (Å²) in [5.74, 6) is 0.724. The highest BCUT2D eigenvalue weighted by Gasteiger charge is 2.29. The fourth-order valence-corrected chi connectivity index (χ4v) is 2.17. The molecular formula is C10H18N2O. The molecule has 3 heteroatoms. The second kappa shape index (κ2) is 3.66. The molecule has 74 valence electrons. The lowest BCUT2D eigenvalue weighted by molar-refractivity contribution is 0.0865. The van der Waals surface area contributed by atoms with Gasteiger partial charge in [-0.2, -0.15) is 0 Å². The first-order valence-corrected chi connectivity index (χ1v) is 5.26. The quantitative estimate of drug-likeness (QED) is 0.494. The van der Waals surface area contributed by atoms with Gasteiger partial charge in [-0.15, -0.1) is 0 Å². The van der Waals surface area contributed by atoms with Crippen molar-refractivity contribution in [3.05, 3.63) is 0 Å². The maximum Gasteiger partial charge on any atom is 0.126 e. The van der Waals surface area contributed by atoms with Crippen LogP contribution >= 0.6 is 0 Å². The van der Waals surface area contributed by atoms with Crippen molar-refractivity contribution in [2.45, 2.75) is 44.8 Å². The molecule has 0 saturated carbocycles. The molecule has 2 heterocycles. The Labute approximate surface area is 79.6 Å². The number of nitrogens with zero attached hydrogens (tertiary/aromatic N) is 1. The normalized spacial score (nSPS) is 34.1. The fraction of sp³-hybridized carbons (Fsp3) is 0.900. The second-order valence-corrected chi connectivity index (χ2v) is 4.09. The Morgan fingerprint density at radius 1 is 1.31 bits per heavy atom. The van der Waals surface area contributed by atoms with Crippen molar-refractivity contribution in [3.63, 3.8) is 0 Å². The summed E-state index contributed by atoms with van der Waals surface area (Å²) in [6, 6.07) is 0. The predicted octanol–water partition coefficient (Wildman–Crippen LogP) is 1.63. The Morgan fingerprint density at radius 2 is 2.00 bits per heavy atom. The largest absolute Gasteiger partial charge is 0.367 e. The van der Waals surface area contributed by atoms with Gasteiger partial charge >= 0.3 is 0 Å². The molecule has 0 spiro atoms. The first-order valence-electron chi connectivity index (χ1n) is 5.26. The third-order valence-corrected chi connectivity index (χ3v) is 2.98. The number of hydrogen-bond donors (Lipinski definition) is 1. The van der Waals surface area contributed by atoms with E-state index < -0.39 is 0 Å². The molecule has 3 nitrogen and oxygen atoms in total. The SMILES string of the molecule is CC1CCC(C(=N)N2CCCC2)O1. The van der Waals surface area contributed by atoms with E-state index in [0.29, 0.717) is 6.10 Å². The summed E-state index contributed by atoms with van der Waals surface area (Å²) in [6.45, 7) is 4.22. The first kappa shape index (κ1) is 9.00. The van der Waals surface area contributed by atoms with Gasteiger partial charge in [0, 0.05) is 13.1 Å². The number of hydrogen-bond acceptors (Lipinski definition) is 2. The average molecular weight is 182 g/mol. The lowest BCUT2D eigenvalue weighted by Crippen LogP contribution is -2.36. The summed E-state index contributed by atoms with van der Waals surface area (Å²) in [5.41, 5.74) is 0. The van der Waals surface area contributed by atoms with Gasteiger partial charge in [-0.05, 0) is 32.6 Å². The number of nitrogens with one attached hydrogen (secondary N) is 1. The molecule has 2 unspecified atom stereocenters. The van der Waals surface area contributed by atoms with E-state index in [1.165, 1.54) is 12.8 Å². The van der Waals surface area contributed by atoms with E-state index in [9.17, 15) is 0 Å². The van der Waals surface area contributed by atoms with E-state index in [0.717, 1.165) is 31.8 Å². The summed E-state index contributed by atoms with van der Waals surface area (Å²) >= 11 is 0. The van der Waals surface area contributed by atoms with E-state index in [4.69, 9.17) is 10.1 Å². The van der Waals surface area contributed by atoms with Crippen molar-refractivity contribution < 1.29 is 4.74 Å². The van der Waals surface area contributed by atoms with Crippen LogP contribution in [0.25, 0.3) is 0 Å². The van der Waals surface area contributed by atoms with Gasteiger partial charge in [0.25, 0.3) is 0 Å². The molecule has 0 amide bonds. The van der Waals surface area contributed by atoms with Crippen LogP contribution in [0, 0.1) is 5.41 Å². The molecule has 1 N–H and O–H groups in total. The molecule has 2 rings (SSSR count). The van der Waals surface area contributed by atoms with Gasteiger partial charge in [0.1, 0.15) is 11.9 Å². The first-order chi connectivity index (χ1) is 6.27. The Hall–Kier alpha value is -0.570. The molecule has 2 aliphatic heterocycles. The van der Waals surface area contributed by atoms with E-state index in [-0.39, 0.29) is 6.10 Å². The minimum Gasteiger partial charge on any atom is -0.367 e. The molecule has 0 bridgehead atoms. The molecular weight excluding hydrogens is 164 g/mol. The van der Waals surface area contributed by atoms with Gasteiger partial charge in [-0.3, -0.25) is 5.41 Å². The molecule has 2 saturated heterocycles. The molecule has 2 aliphatic rings. The van der Waals surface area contributed by atoms with Crippen LogP contribution in [0.15, 0.2) is 0 Å². The minimum atomic E-state index is 0.0908. The van der Waals surface area contributed by atoms with E-state index in [2.05, 4.69) is 11.8 Å². The predicted molar refractivity (Wildman–Crippen MR) is 52.1 cm³/mol. The maximum absolute atomic E-state index is 7.97. The number of rotatable bonds is 1. The highest BCUT2D eigenvalue weighted by atomic mass is 16.5. The summed E-state index contributed by atoms with van der Waals surface area (Å²) in [4.78, 5) is 2.17. The summed E-state index contributed by atoms with van der Waals surface area (Å²) < 4.78 is 5.67. The van der Waals surface area contributed by atoms with E-state index >= 15 is 0 Å². The Kier molecular flexibility index (Phi) is 2.54. The summed E-state index contributed by atoms with van der Waals surface area (Å²) in [6.07, 6.45) is 5.08. The average Bonchev–Trinajstić information content (AvgIpc) is 2.72. The molecule has 2 fully saturated rings. The third kappa shape index (κ3) is 1.85. The van der Waals surface area contributed by atoms with Crippen LogP contribution in [0.3, 0.4) is 0 Å². The lowest BCUT2D eigenvalue weighted by atomic mass is 10.2. The zero-order valence-corrected chi connectivity index (χ0v) is 8.25. The van der Waals surface area contributed by atoms with Crippen LogP contribution in [0.5, 0.6) is 0 Å². The smallest absolute Gasteiger partial charge is 0.126 e. The summed E-state index contributed by atoms with van der Waals surface area (Å²) in [7, 11) is 0. The second-order valence-electron chi connectivity index (χ2n) is 4.09. The highest BCUT2D eigenvalue weighted by Crippen LogP contribution is 2.22. The van der Waals surface area contributed by atoms with E-state index in [1.807, 2.05) is 0 Å². The van der Waals surface area contributed by atoms with Crippen molar-refractivity contribution in [1.82, 2.24) is 4.90 Å². The van der Waals surface area contributed by atoms with Gasteiger partial charge < -0.3 is 9.64 Å². The Morgan fingerprint density at radius 3 is 2.54 bits per heavy atom. The van der Waals surface area contributed by atoms with Gasteiger partial charge in [0.15, 0.2) is 0 Å². The van der Waals surface area contributed by atoms with Gasteiger partial charge in [-0.25, -0.2) is 0 Å². The molecule has 0 aromatic rings. The lowest BCUT2D eigenvalue weighted by Gasteiger charge is -2.22. The third-order valence-electron chi connectivity index (χ3n) is 2.98. The standard InChI is InChI=1S/C10H18N2O/c1-8-4-5-9(13-8)10(11)12-6-2-3-7-12/h8-9,11H,2-7H2,1H3. The fourth-order valence-electron chi connectivity index (χ4n) is 2.17. The zero-order valence-electron chi connectivity index (χ0n) is 8.25. The molecule has 0 aliphatic carbocycles. The van der Waals surface area contributed by atoms with Gasteiger partial charge in [-0.1, -0.05) is 0 Å². The molecule has 13 heavy (non-hydrogen) atoms. The van der Waals surface area contributed by atoms with Crippen LogP contribution in [-0.2, 0) is 4.74 Å². The Bertz CT molecular complexity index is 199.